The minimum absolute atomic E-state index is 0.252. The van der Waals surface area contributed by atoms with E-state index in [0.717, 1.165) is 19.6 Å². The van der Waals surface area contributed by atoms with E-state index in [1.807, 2.05) is 27.7 Å². The molecule has 2 atom stereocenters. The number of rotatable bonds is 8. The van der Waals surface area contributed by atoms with E-state index in [9.17, 15) is 0 Å². The highest BCUT2D eigenvalue weighted by Gasteiger charge is 2.34. The highest BCUT2D eigenvalue weighted by Crippen LogP contribution is 2.25. The zero-order chi connectivity index (χ0) is 12.5. The SMILES string of the molecule is CC(C)(CC1CO1)ONC(C)(C)OCC1CO1. The maximum atomic E-state index is 5.70. The van der Waals surface area contributed by atoms with Crippen LogP contribution in [0.1, 0.15) is 34.1 Å². The van der Waals surface area contributed by atoms with Gasteiger partial charge < -0.3 is 14.2 Å². The zero-order valence-corrected chi connectivity index (χ0v) is 11.1. The molecule has 2 heterocycles. The van der Waals surface area contributed by atoms with Crippen molar-refractivity contribution in [2.75, 3.05) is 19.8 Å². The monoisotopic (exact) mass is 245 g/mol. The highest BCUT2D eigenvalue weighted by molar-refractivity contribution is 4.80. The van der Waals surface area contributed by atoms with Crippen molar-refractivity contribution in [3.8, 4) is 0 Å². The van der Waals surface area contributed by atoms with Crippen molar-refractivity contribution < 1.29 is 19.0 Å². The molecule has 2 rings (SSSR count). The van der Waals surface area contributed by atoms with Crippen molar-refractivity contribution >= 4 is 0 Å². The molecule has 0 aromatic heterocycles. The molecule has 2 unspecified atom stereocenters. The third kappa shape index (κ3) is 5.31. The van der Waals surface area contributed by atoms with Crippen molar-refractivity contribution in [3.63, 3.8) is 0 Å². The molecule has 0 aliphatic carbocycles. The van der Waals surface area contributed by atoms with Crippen LogP contribution in [-0.2, 0) is 19.0 Å². The summed E-state index contributed by atoms with van der Waals surface area (Å²) in [6, 6.07) is 0. The van der Waals surface area contributed by atoms with Crippen molar-refractivity contribution in [1.29, 1.82) is 0 Å². The summed E-state index contributed by atoms with van der Waals surface area (Å²) in [6.07, 6.45) is 1.52. The summed E-state index contributed by atoms with van der Waals surface area (Å²) in [7, 11) is 0. The second kappa shape index (κ2) is 4.82. The third-order valence-corrected chi connectivity index (χ3v) is 2.73. The average molecular weight is 245 g/mol. The Labute approximate surface area is 103 Å². The minimum atomic E-state index is -0.506. The van der Waals surface area contributed by atoms with Crippen LogP contribution in [-0.4, -0.2) is 43.4 Å². The van der Waals surface area contributed by atoms with Gasteiger partial charge in [0, 0.05) is 6.42 Å². The van der Waals surface area contributed by atoms with Crippen LogP contribution in [0.5, 0.6) is 0 Å². The van der Waals surface area contributed by atoms with Crippen molar-refractivity contribution in [2.45, 2.75) is 57.6 Å². The van der Waals surface area contributed by atoms with E-state index in [1.54, 1.807) is 0 Å². The van der Waals surface area contributed by atoms with E-state index in [0.29, 0.717) is 12.7 Å². The molecule has 0 radical (unpaired) electrons. The summed E-state index contributed by atoms with van der Waals surface area (Å²) in [6.45, 7) is 10.2. The summed E-state index contributed by atoms with van der Waals surface area (Å²) in [5.74, 6) is 0. The fraction of sp³-hybridized carbons (Fsp3) is 1.00. The molecule has 0 aromatic carbocycles. The molecule has 5 heteroatoms. The van der Waals surface area contributed by atoms with E-state index >= 15 is 0 Å². The topological polar surface area (TPSA) is 55.5 Å². The normalized spacial score (nSPS) is 28.2. The average Bonchev–Trinajstić information content (AvgIpc) is 3.06. The Morgan fingerprint density at radius 1 is 1.12 bits per heavy atom. The van der Waals surface area contributed by atoms with Crippen molar-refractivity contribution in [1.82, 2.24) is 5.48 Å². The molecule has 100 valence electrons. The third-order valence-electron chi connectivity index (χ3n) is 2.73. The summed E-state index contributed by atoms with van der Waals surface area (Å²) in [4.78, 5) is 5.70. The molecule has 2 saturated heterocycles. The lowest BCUT2D eigenvalue weighted by atomic mass is 10.0. The van der Waals surface area contributed by atoms with Gasteiger partial charge in [-0.1, -0.05) is 0 Å². The summed E-state index contributed by atoms with van der Waals surface area (Å²) >= 11 is 0. The van der Waals surface area contributed by atoms with Gasteiger partial charge in [-0.05, 0) is 27.7 Å². The number of epoxide rings is 2. The number of hydrogen-bond donors (Lipinski definition) is 1. The lowest BCUT2D eigenvalue weighted by molar-refractivity contribution is -0.196. The quantitative estimate of drug-likeness (QED) is 0.396. The number of nitrogens with one attached hydrogen (secondary N) is 1. The Morgan fingerprint density at radius 2 is 1.71 bits per heavy atom. The molecule has 2 aliphatic rings. The van der Waals surface area contributed by atoms with Crippen LogP contribution < -0.4 is 5.48 Å². The molecule has 0 aromatic rings. The second-order valence-electron chi connectivity index (χ2n) is 5.90. The van der Waals surface area contributed by atoms with E-state index in [4.69, 9.17) is 19.0 Å². The molecule has 0 spiro atoms. The van der Waals surface area contributed by atoms with Gasteiger partial charge in [-0.25, -0.2) is 0 Å². The zero-order valence-electron chi connectivity index (χ0n) is 11.1. The van der Waals surface area contributed by atoms with Gasteiger partial charge in [-0.2, -0.15) is 5.48 Å². The lowest BCUT2D eigenvalue weighted by Crippen LogP contribution is -2.47. The molecule has 17 heavy (non-hydrogen) atoms. The summed E-state index contributed by atoms with van der Waals surface area (Å²) in [5.41, 5.74) is 2.22. The minimum Gasteiger partial charge on any atom is -0.373 e. The molecule has 2 fully saturated rings. The van der Waals surface area contributed by atoms with E-state index < -0.39 is 5.72 Å². The van der Waals surface area contributed by atoms with Crippen LogP contribution in [0.2, 0.25) is 0 Å². The van der Waals surface area contributed by atoms with Gasteiger partial charge in [-0.15, -0.1) is 0 Å². The first-order chi connectivity index (χ1) is 7.86. The Kier molecular flexibility index (Phi) is 3.75. The highest BCUT2D eigenvalue weighted by atomic mass is 16.7. The van der Waals surface area contributed by atoms with Crippen LogP contribution in [0.3, 0.4) is 0 Å². The molecular weight excluding hydrogens is 222 g/mol. The summed E-state index contributed by atoms with van der Waals surface area (Å²) in [5, 5.41) is 0. The van der Waals surface area contributed by atoms with E-state index in [2.05, 4.69) is 5.48 Å². The van der Waals surface area contributed by atoms with Crippen LogP contribution in [0.4, 0.5) is 0 Å². The fourth-order valence-corrected chi connectivity index (χ4v) is 1.53. The van der Waals surface area contributed by atoms with Crippen LogP contribution in [0.25, 0.3) is 0 Å². The molecule has 0 bridgehead atoms. The number of hydrogen-bond acceptors (Lipinski definition) is 5. The molecule has 0 saturated carbocycles. The predicted molar refractivity (Wildman–Crippen MR) is 62.4 cm³/mol. The van der Waals surface area contributed by atoms with Gasteiger partial charge in [0.25, 0.3) is 0 Å². The molecular formula is C12H23NO4. The Hall–Kier alpha value is -0.200. The maximum Gasteiger partial charge on any atom is 0.135 e. The second-order valence-corrected chi connectivity index (χ2v) is 5.90. The first kappa shape index (κ1) is 13.2. The molecule has 0 amide bonds. The largest absolute Gasteiger partial charge is 0.373 e. The lowest BCUT2D eigenvalue weighted by Gasteiger charge is -2.32. The van der Waals surface area contributed by atoms with Gasteiger partial charge in [0.1, 0.15) is 11.8 Å². The first-order valence-electron chi connectivity index (χ1n) is 6.19. The smallest absolute Gasteiger partial charge is 0.135 e. The Balaban J connectivity index is 1.66. The van der Waals surface area contributed by atoms with Crippen LogP contribution in [0.15, 0.2) is 0 Å². The Morgan fingerprint density at radius 3 is 2.24 bits per heavy atom. The van der Waals surface area contributed by atoms with Crippen LogP contribution >= 0.6 is 0 Å². The number of ether oxygens (including phenoxy) is 3. The van der Waals surface area contributed by atoms with Gasteiger partial charge in [0.2, 0.25) is 0 Å². The molecule has 1 N–H and O–H groups in total. The Bertz CT molecular complexity index is 259. The first-order valence-corrected chi connectivity index (χ1v) is 6.19. The van der Waals surface area contributed by atoms with Gasteiger partial charge in [0.15, 0.2) is 0 Å². The van der Waals surface area contributed by atoms with E-state index in [-0.39, 0.29) is 11.7 Å². The van der Waals surface area contributed by atoms with Gasteiger partial charge >= 0.3 is 0 Å². The van der Waals surface area contributed by atoms with E-state index in [1.165, 1.54) is 0 Å². The van der Waals surface area contributed by atoms with Gasteiger partial charge in [0.05, 0.1) is 31.5 Å². The predicted octanol–water partition coefficient (Wildman–Crippen LogP) is 1.23. The van der Waals surface area contributed by atoms with Crippen molar-refractivity contribution in [3.05, 3.63) is 0 Å². The molecule has 2 aliphatic heterocycles. The van der Waals surface area contributed by atoms with Crippen molar-refractivity contribution in [2.24, 2.45) is 0 Å². The molecule has 5 nitrogen and oxygen atoms in total. The maximum absolute atomic E-state index is 5.70. The summed E-state index contributed by atoms with van der Waals surface area (Å²) < 4.78 is 16.0. The fourth-order valence-electron chi connectivity index (χ4n) is 1.53. The number of hydroxylamine groups is 1. The van der Waals surface area contributed by atoms with Crippen LogP contribution in [0, 0.1) is 0 Å². The van der Waals surface area contributed by atoms with Gasteiger partial charge in [-0.3, -0.25) is 4.84 Å². The standard InChI is InChI=1S/C12H23NO4/c1-11(2,5-9-6-14-9)17-13-12(3,4)16-8-10-7-15-10/h9-10,13H,5-8H2,1-4H3.